The van der Waals surface area contributed by atoms with Crippen molar-refractivity contribution in [2.45, 2.75) is 25.8 Å². The van der Waals surface area contributed by atoms with Gasteiger partial charge >= 0.3 is 0 Å². The van der Waals surface area contributed by atoms with Crippen molar-refractivity contribution in [1.29, 1.82) is 0 Å². The smallest absolute Gasteiger partial charge is 0.227 e. The number of nitrogens with two attached hydrogens (primary N) is 1. The summed E-state index contributed by atoms with van der Waals surface area (Å²) < 4.78 is 11.1. The maximum atomic E-state index is 12.5. The van der Waals surface area contributed by atoms with E-state index in [1.54, 1.807) is 0 Å². The third kappa shape index (κ3) is 2.97. The summed E-state index contributed by atoms with van der Waals surface area (Å²) in [5.41, 5.74) is 6.68. The molecule has 2 N–H and O–H groups in total. The molecule has 1 amide bonds. The summed E-state index contributed by atoms with van der Waals surface area (Å²) in [5, 5.41) is 0. The fourth-order valence-corrected chi connectivity index (χ4v) is 3.13. The van der Waals surface area contributed by atoms with Gasteiger partial charge in [0.1, 0.15) is 13.2 Å². The third-order valence-electron chi connectivity index (χ3n) is 4.28. The van der Waals surface area contributed by atoms with Crippen LogP contribution in [0.5, 0.6) is 11.5 Å². The quantitative estimate of drug-likeness (QED) is 0.908. The first kappa shape index (κ1) is 14.2. The monoisotopic (exact) mass is 290 g/mol. The van der Waals surface area contributed by atoms with Crippen molar-refractivity contribution in [3.8, 4) is 11.5 Å². The van der Waals surface area contributed by atoms with Gasteiger partial charge in [0.2, 0.25) is 5.91 Å². The molecule has 1 aromatic rings. The van der Waals surface area contributed by atoms with Gasteiger partial charge in [0.05, 0.1) is 6.42 Å². The molecule has 0 aromatic heterocycles. The SMILES string of the molecule is CC1CC(CN)CN1C(=O)Cc1ccc2c(c1)OCCO2. The van der Waals surface area contributed by atoms with Crippen LogP contribution < -0.4 is 15.2 Å². The van der Waals surface area contributed by atoms with E-state index >= 15 is 0 Å². The molecule has 1 saturated heterocycles. The number of fused-ring (bicyclic) bond motifs is 1. The molecule has 2 heterocycles. The molecular formula is C16H22N2O3. The number of ether oxygens (including phenoxy) is 2. The number of carbonyl (C=O) groups excluding carboxylic acids is 1. The highest BCUT2D eigenvalue weighted by Crippen LogP contribution is 2.31. The second-order valence-electron chi connectivity index (χ2n) is 5.89. The molecule has 5 heteroatoms. The lowest BCUT2D eigenvalue weighted by Gasteiger charge is -2.22. The van der Waals surface area contributed by atoms with Gasteiger partial charge < -0.3 is 20.1 Å². The van der Waals surface area contributed by atoms with Crippen molar-refractivity contribution < 1.29 is 14.3 Å². The molecule has 0 radical (unpaired) electrons. The Morgan fingerprint density at radius 3 is 2.81 bits per heavy atom. The number of amides is 1. The predicted octanol–water partition coefficient (Wildman–Crippen LogP) is 1.20. The highest BCUT2D eigenvalue weighted by Gasteiger charge is 2.31. The van der Waals surface area contributed by atoms with E-state index in [4.69, 9.17) is 15.2 Å². The van der Waals surface area contributed by atoms with Crippen LogP contribution in [-0.4, -0.2) is 43.2 Å². The van der Waals surface area contributed by atoms with Gasteiger partial charge in [0.15, 0.2) is 11.5 Å². The zero-order valence-electron chi connectivity index (χ0n) is 12.4. The van der Waals surface area contributed by atoms with Gasteiger partial charge in [-0.25, -0.2) is 0 Å². The van der Waals surface area contributed by atoms with Gasteiger partial charge in [-0.2, -0.15) is 0 Å². The standard InChI is InChI=1S/C16H22N2O3/c1-11-6-13(9-17)10-18(11)16(19)8-12-2-3-14-15(7-12)21-5-4-20-14/h2-3,7,11,13H,4-6,8-10,17H2,1H3. The van der Waals surface area contributed by atoms with E-state index in [-0.39, 0.29) is 11.9 Å². The van der Waals surface area contributed by atoms with Crippen LogP contribution >= 0.6 is 0 Å². The van der Waals surface area contributed by atoms with Crippen LogP contribution in [0.3, 0.4) is 0 Å². The highest BCUT2D eigenvalue weighted by molar-refractivity contribution is 5.79. The van der Waals surface area contributed by atoms with Crippen LogP contribution in [0, 0.1) is 5.92 Å². The first-order valence-electron chi connectivity index (χ1n) is 7.55. The van der Waals surface area contributed by atoms with Gasteiger partial charge in [-0.3, -0.25) is 4.79 Å². The molecule has 0 spiro atoms. The number of hydrogen-bond acceptors (Lipinski definition) is 4. The van der Waals surface area contributed by atoms with Crippen LogP contribution in [0.1, 0.15) is 18.9 Å². The summed E-state index contributed by atoms with van der Waals surface area (Å²) in [6.07, 6.45) is 1.40. The first-order chi connectivity index (χ1) is 10.2. The van der Waals surface area contributed by atoms with E-state index in [9.17, 15) is 4.79 Å². The number of nitrogens with zero attached hydrogens (tertiary/aromatic N) is 1. The van der Waals surface area contributed by atoms with Crippen molar-refractivity contribution in [1.82, 2.24) is 4.90 Å². The molecule has 3 rings (SSSR count). The Morgan fingerprint density at radius 1 is 1.33 bits per heavy atom. The zero-order valence-corrected chi connectivity index (χ0v) is 12.4. The summed E-state index contributed by atoms with van der Waals surface area (Å²) in [5.74, 6) is 2.09. The van der Waals surface area contributed by atoms with Crippen molar-refractivity contribution >= 4 is 5.91 Å². The molecule has 5 nitrogen and oxygen atoms in total. The zero-order chi connectivity index (χ0) is 14.8. The summed E-state index contributed by atoms with van der Waals surface area (Å²) in [6, 6.07) is 6.01. The third-order valence-corrected chi connectivity index (χ3v) is 4.28. The maximum absolute atomic E-state index is 12.5. The normalized spacial score (nSPS) is 24.2. The molecule has 0 saturated carbocycles. The van der Waals surface area contributed by atoms with E-state index in [1.165, 1.54) is 0 Å². The fourth-order valence-electron chi connectivity index (χ4n) is 3.13. The van der Waals surface area contributed by atoms with Crippen molar-refractivity contribution in [2.24, 2.45) is 11.7 Å². The topological polar surface area (TPSA) is 64.8 Å². The molecule has 2 aliphatic rings. The Hall–Kier alpha value is -1.75. The summed E-state index contributed by atoms with van der Waals surface area (Å²) in [4.78, 5) is 14.4. The maximum Gasteiger partial charge on any atom is 0.227 e. The van der Waals surface area contributed by atoms with Crippen LogP contribution in [0.25, 0.3) is 0 Å². The Labute approximate surface area is 125 Å². The first-order valence-corrected chi connectivity index (χ1v) is 7.55. The molecule has 1 aromatic carbocycles. The molecule has 0 aliphatic carbocycles. The molecule has 21 heavy (non-hydrogen) atoms. The molecular weight excluding hydrogens is 268 g/mol. The highest BCUT2D eigenvalue weighted by atomic mass is 16.6. The number of rotatable bonds is 3. The number of hydrogen-bond donors (Lipinski definition) is 1. The van der Waals surface area contributed by atoms with Crippen LogP contribution in [0.2, 0.25) is 0 Å². The Balaban J connectivity index is 1.67. The Kier molecular flexibility index (Phi) is 4.01. The molecule has 1 fully saturated rings. The summed E-state index contributed by atoms with van der Waals surface area (Å²) in [7, 11) is 0. The lowest BCUT2D eigenvalue weighted by molar-refractivity contribution is -0.131. The lowest BCUT2D eigenvalue weighted by atomic mass is 10.1. The molecule has 2 aliphatic heterocycles. The van der Waals surface area contributed by atoms with E-state index in [0.29, 0.717) is 32.1 Å². The van der Waals surface area contributed by atoms with Crippen LogP contribution in [0.4, 0.5) is 0 Å². The lowest BCUT2D eigenvalue weighted by Crippen LogP contribution is -2.35. The predicted molar refractivity (Wildman–Crippen MR) is 79.5 cm³/mol. The van der Waals surface area contributed by atoms with Gasteiger partial charge in [-0.1, -0.05) is 6.07 Å². The summed E-state index contributed by atoms with van der Waals surface area (Å²) in [6.45, 7) is 4.67. The van der Waals surface area contributed by atoms with E-state index in [1.807, 2.05) is 23.1 Å². The van der Waals surface area contributed by atoms with Gasteiger partial charge in [0.25, 0.3) is 0 Å². The minimum absolute atomic E-state index is 0.162. The summed E-state index contributed by atoms with van der Waals surface area (Å²) >= 11 is 0. The van der Waals surface area contributed by atoms with E-state index < -0.39 is 0 Å². The number of likely N-dealkylation sites (tertiary alicyclic amines) is 1. The molecule has 2 atom stereocenters. The average molecular weight is 290 g/mol. The van der Waals surface area contributed by atoms with Gasteiger partial charge in [0, 0.05) is 12.6 Å². The molecule has 0 bridgehead atoms. The fraction of sp³-hybridized carbons (Fsp3) is 0.562. The average Bonchev–Trinajstić information content (AvgIpc) is 2.88. The second kappa shape index (κ2) is 5.93. The second-order valence-corrected chi connectivity index (χ2v) is 5.89. The Morgan fingerprint density at radius 2 is 2.10 bits per heavy atom. The van der Waals surface area contributed by atoms with E-state index in [2.05, 4.69) is 6.92 Å². The molecule has 2 unspecified atom stereocenters. The number of carbonyl (C=O) groups is 1. The minimum Gasteiger partial charge on any atom is -0.486 e. The van der Waals surface area contributed by atoms with Gasteiger partial charge in [-0.15, -0.1) is 0 Å². The molecule has 114 valence electrons. The largest absolute Gasteiger partial charge is 0.486 e. The van der Waals surface area contributed by atoms with E-state index in [0.717, 1.165) is 30.0 Å². The van der Waals surface area contributed by atoms with Crippen LogP contribution in [0.15, 0.2) is 18.2 Å². The number of benzene rings is 1. The van der Waals surface area contributed by atoms with Gasteiger partial charge in [-0.05, 0) is 43.5 Å². The van der Waals surface area contributed by atoms with Crippen molar-refractivity contribution in [3.05, 3.63) is 23.8 Å². The minimum atomic E-state index is 0.162. The van der Waals surface area contributed by atoms with Crippen molar-refractivity contribution in [3.63, 3.8) is 0 Å². The Bertz CT molecular complexity index is 532. The van der Waals surface area contributed by atoms with Crippen LogP contribution in [-0.2, 0) is 11.2 Å². The van der Waals surface area contributed by atoms with Crippen molar-refractivity contribution in [2.75, 3.05) is 26.3 Å².